The summed E-state index contributed by atoms with van der Waals surface area (Å²) in [5.74, 6) is 3.29. The highest BCUT2D eigenvalue weighted by Crippen LogP contribution is 2.46. The number of hydrogen-bond acceptors (Lipinski definition) is 5. The molecule has 0 saturated carbocycles. The summed E-state index contributed by atoms with van der Waals surface area (Å²) in [5.41, 5.74) is 3.63. The molecule has 0 radical (unpaired) electrons. The molecular weight excluding hydrogens is 368 g/mol. The molecule has 0 bridgehead atoms. The molecule has 1 aromatic heterocycles. The summed E-state index contributed by atoms with van der Waals surface area (Å²) in [4.78, 5) is 0. The molecule has 29 heavy (non-hydrogen) atoms. The Balaban J connectivity index is 2.00. The maximum absolute atomic E-state index is 6.26. The molecule has 4 rings (SSSR count). The zero-order valence-corrected chi connectivity index (χ0v) is 16.8. The standard InChI is InChI=1S/C24H22O5/c1-25-17-11-9-15(10-12-17)23-22(18-7-5-6-8-19(18)29-23)16-13-20(26-2)24(28-4)21(14-16)27-3/h5-14H,1-4H3. The molecule has 0 aliphatic rings. The third kappa shape index (κ3) is 3.25. The first-order valence-corrected chi connectivity index (χ1v) is 9.16. The van der Waals surface area contributed by atoms with E-state index in [0.717, 1.165) is 39.2 Å². The molecule has 5 nitrogen and oxygen atoms in total. The number of ether oxygens (including phenoxy) is 4. The number of methoxy groups -OCH3 is 4. The lowest BCUT2D eigenvalue weighted by Crippen LogP contribution is -1.96. The second kappa shape index (κ2) is 7.80. The quantitative estimate of drug-likeness (QED) is 0.416. The van der Waals surface area contributed by atoms with Crippen molar-refractivity contribution in [2.45, 2.75) is 0 Å². The minimum Gasteiger partial charge on any atom is -0.497 e. The van der Waals surface area contributed by atoms with Gasteiger partial charge in [-0.15, -0.1) is 0 Å². The zero-order valence-electron chi connectivity index (χ0n) is 16.8. The molecule has 0 aliphatic heterocycles. The predicted molar refractivity (Wildman–Crippen MR) is 113 cm³/mol. The summed E-state index contributed by atoms with van der Waals surface area (Å²) in [6, 6.07) is 19.6. The molecule has 0 atom stereocenters. The van der Waals surface area contributed by atoms with Gasteiger partial charge in [-0.2, -0.15) is 0 Å². The van der Waals surface area contributed by atoms with Crippen LogP contribution < -0.4 is 18.9 Å². The number of hydrogen-bond donors (Lipinski definition) is 0. The van der Waals surface area contributed by atoms with Crippen molar-refractivity contribution in [2.24, 2.45) is 0 Å². The van der Waals surface area contributed by atoms with Gasteiger partial charge in [0.15, 0.2) is 11.5 Å². The van der Waals surface area contributed by atoms with E-state index in [1.54, 1.807) is 28.4 Å². The molecule has 0 spiro atoms. The van der Waals surface area contributed by atoms with Gasteiger partial charge in [0.2, 0.25) is 5.75 Å². The van der Waals surface area contributed by atoms with E-state index in [4.69, 9.17) is 23.4 Å². The Hall–Kier alpha value is -3.60. The molecule has 1 heterocycles. The fraction of sp³-hybridized carbons (Fsp3) is 0.167. The van der Waals surface area contributed by atoms with Crippen LogP contribution in [0.15, 0.2) is 65.1 Å². The highest BCUT2D eigenvalue weighted by Gasteiger charge is 2.21. The molecule has 0 unspecified atom stereocenters. The van der Waals surface area contributed by atoms with Gasteiger partial charge in [0.05, 0.1) is 28.4 Å². The van der Waals surface area contributed by atoms with E-state index in [1.165, 1.54) is 0 Å². The Bertz CT molecular complexity index is 1120. The Morgan fingerprint density at radius 1 is 0.655 bits per heavy atom. The number of rotatable bonds is 6. The van der Waals surface area contributed by atoms with Crippen molar-refractivity contribution in [3.63, 3.8) is 0 Å². The van der Waals surface area contributed by atoms with E-state index in [-0.39, 0.29) is 0 Å². The van der Waals surface area contributed by atoms with Crippen molar-refractivity contribution < 1.29 is 23.4 Å². The average Bonchev–Trinajstić information content (AvgIpc) is 3.17. The second-order valence-electron chi connectivity index (χ2n) is 6.44. The highest BCUT2D eigenvalue weighted by molar-refractivity contribution is 6.02. The highest BCUT2D eigenvalue weighted by atomic mass is 16.5. The molecule has 5 heteroatoms. The first kappa shape index (κ1) is 18.7. The van der Waals surface area contributed by atoms with E-state index in [9.17, 15) is 0 Å². The number of furan rings is 1. The zero-order chi connectivity index (χ0) is 20.4. The van der Waals surface area contributed by atoms with Crippen molar-refractivity contribution in [3.05, 3.63) is 60.7 Å². The molecular formula is C24H22O5. The van der Waals surface area contributed by atoms with Gasteiger partial charge >= 0.3 is 0 Å². The number of benzene rings is 3. The lowest BCUT2D eigenvalue weighted by atomic mass is 9.97. The van der Waals surface area contributed by atoms with E-state index in [2.05, 4.69) is 0 Å². The molecule has 0 amide bonds. The maximum Gasteiger partial charge on any atom is 0.203 e. The van der Waals surface area contributed by atoms with Crippen LogP contribution in [0.2, 0.25) is 0 Å². The summed E-state index contributed by atoms with van der Waals surface area (Å²) in [6.07, 6.45) is 0. The van der Waals surface area contributed by atoms with E-state index in [0.29, 0.717) is 17.2 Å². The van der Waals surface area contributed by atoms with Crippen LogP contribution in [-0.2, 0) is 0 Å². The summed E-state index contributed by atoms with van der Waals surface area (Å²) in [5, 5.41) is 1.01. The maximum atomic E-state index is 6.26. The predicted octanol–water partition coefficient (Wildman–Crippen LogP) is 5.80. The van der Waals surface area contributed by atoms with Gasteiger partial charge in [0.25, 0.3) is 0 Å². The van der Waals surface area contributed by atoms with E-state index in [1.807, 2.05) is 60.7 Å². The summed E-state index contributed by atoms with van der Waals surface area (Å²) in [6.45, 7) is 0. The van der Waals surface area contributed by atoms with Crippen LogP contribution in [0.4, 0.5) is 0 Å². The minimum absolute atomic E-state index is 0.553. The van der Waals surface area contributed by atoms with Gasteiger partial charge in [-0.1, -0.05) is 18.2 Å². The summed E-state index contributed by atoms with van der Waals surface area (Å²) >= 11 is 0. The summed E-state index contributed by atoms with van der Waals surface area (Å²) in [7, 11) is 6.46. The molecule has 0 aliphatic carbocycles. The van der Waals surface area contributed by atoms with E-state index >= 15 is 0 Å². The van der Waals surface area contributed by atoms with Gasteiger partial charge in [0.1, 0.15) is 17.1 Å². The molecule has 0 saturated heterocycles. The number of fused-ring (bicyclic) bond motifs is 1. The normalized spacial score (nSPS) is 10.8. The lowest BCUT2D eigenvalue weighted by molar-refractivity contribution is 0.324. The molecule has 0 fully saturated rings. The molecule has 148 valence electrons. The van der Waals surface area contributed by atoms with Gasteiger partial charge in [-0.25, -0.2) is 0 Å². The fourth-order valence-corrected chi connectivity index (χ4v) is 3.50. The Morgan fingerprint density at radius 3 is 1.90 bits per heavy atom. The van der Waals surface area contributed by atoms with Gasteiger partial charge in [-0.05, 0) is 48.0 Å². The van der Waals surface area contributed by atoms with Gasteiger partial charge in [0, 0.05) is 16.5 Å². The van der Waals surface area contributed by atoms with Crippen molar-refractivity contribution in [3.8, 4) is 45.4 Å². The van der Waals surface area contributed by atoms with Crippen molar-refractivity contribution in [2.75, 3.05) is 28.4 Å². The first-order chi connectivity index (χ1) is 14.2. The van der Waals surface area contributed by atoms with Crippen LogP contribution in [0.1, 0.15) is 0 Å². The average molecular weight is 390 g/mol. The second-order valence-corrected chi connectivity index (χ2v) is 6.44. The number of para-hydroxylation sites is 1. The minimum atomic E-state index is 0.553. The fourth-order valence-electron chi connectivity index (χ4n) is 3.50. The van der Waals surface area contributed by atoms with Crippen molar-refractivity contribution >= 4 is 11.0 Å². The topological polar surface area (TPSA) is 50.1 Å². The Labute approximate surface area is 169 Å². The van der Waals surface area contributed by atoms with Gasteiger partial charge in [-0.3, -0.25) is 0 Å². The van der Waals surface area contributed by atoms with Crippen molar-refractivity contribution in [1.29, 1.82) is 0 Å². The lowest BCUT2D eigenvalue weighted by Gasteiger charge is -2.14. The third-order valence-corrected chi connectivity index (χ3v) is 4.90. The SMILES string of the molecule is COc1ccc(-c2oc3ccccc3c2-c2cc(OC)c(OC)c(OC)c2)cc1. The Morgan fingerprint density at radius 2 is 1.31 bits per heavy atom. The monoisotopic (exact) mass is 390 g/mol. The van der Waals surface area contributed by atoms with Crippen LogP contribution in [-0.4, -0.2) is 28.4 Å². The molecule has 4 aromatic rings. The summed E-state index contributed by atoms with van der Waals surface area (Å²) < 4.78 is 28.1. The van der Waals surface area contributed by atoms with Crippen LogP contribution in [0, 0.1) is 0 Å². The smallest absolute Gasteiger partial charge is 0.203 e. The van der Waals surface area contributed by atoms with Gasteiger partial charge < -0.3 is 23.4 Å². The largest absolute Gasteiger partial charge is 0.497 e. The first-order valence-electron chi connectivity index (χ1n) is 9.16. The van der Waals surface area contributed by atoms with Crippen LogP contribution >= 0.6 is 0 Å². The van der Waals surface area contributed by atoms with E-state index < -0.39 is 0 Å². The van der Waals surface area contributed by atoms with Crippen LogP contribution in [0.25, 0.3) is 33.4 Å². The molecule has 3 aromatic carbocycles. The third-order valence-electron chi connectivity index (χ3n) is 4.90. The van der Waals surface area contributed by atoms with Crippen molar-refractivity contribution in [1.82, 2.24) is 0 Å². The molecule has 0 N–H and O–H groups in total. The van der Waals surface area contributed by atoms with Crippen LogP contribution in [0.5, 0.6) is 23.0 Å². The van der Waals surface area contributed by atoms with Crippen LogP contribution in [0.3, 0.4) is 0 Å². The Kier molecular flexibility index (Phi) is 5.04.